The fourth-order valence-corrected chi connectivity index (χ4v) is 3.46. The molecule has 0 radical (unpaired) electrons. The molecule has 0 bridgehead atoms. The number of benzene rings is 1. The lowest BCUT2D eigenvalue weighted by Crippen LogP contribution is -2.52. The van der Waals surface area contributed by atoms with Crippen LogP contribution < -0.4 is 5.32 Å². The Bertz CT molecular complexity index is 925. The Kier molecular flexibility index (Phi) is 6.36. The molecule has 8 heteroatoms. The Morgan fingerprint density at radius 2 is 2.00 bits per heavy atom. The zero-order chi connectivity index (χ0) is 22.1. The number of hydrogen-bond acceptors (Lipinski definition) is 5. The summed E-state index contributed by atoms with van der Waals surface area (Å²) in [5, 5.41) is 8.51. The molecule has 8 nitrogen and oxygen atoms in total. The molecule has 3 rings (SSSR count). The number of ether oxygens (including phenoxy) is 2. The normalized spacial score (nSPS) is 15.7. The summed E-state index contributed by atoms with van der Waals surface area (Å²) in [6.45, 7) is 12.0. The van der Waals surface area contributed by atoms with Crippen molar-refractivity contribution in [2.24, 2.45) is 5.92 Å². The van der Waals surface area contributed by atoms with Crippen LogP contribution >= 0.6 is 0 Å². The van der Waals surface area contributed by atoms with Gasteiger partial charge in [0.1, 0.15) is 5.60 Å². The first-order chi connectivity index (χ1) is 14.1. The third-order valence-electron chi connectivity index (χ3n) is 5.26. The number of aromatic nitrogens is 2. The minimum absolute atomic E-state index is 0.0385. The summed E-state index contributed by atoms with van der Waals surface area (Å²) >= 11 is 0. The molecule has 0 spiro atoms. The van der Waals surface area contributed by atoms with Crippen LogP contribution in [0.3, 0.4) is 0 Å². The molecular weight excluding hydrogens is 384 g/mol. The summed E-state index contributed by atoms with van der Waals surface area (Å²) in [4.78, 5) is 26.3. The predicted octanol–water partition coefficient (Wildman–Crippen LogP) is 2.98. The van der Waals surface area contributed by atoms with Crippen molar-refractivity contribution in [3.05, 3.63) is 29.5 Å². The molecule has 0 saturated carbocycles. The smallest absolute Gasteiger partial charge is 0.410 e. The van der Waals surface area contributed by atoms with Gasteiger partial charge in [-0.3, -0.25) is 9.48 Å². The van der Waals surface area contributed by atoms with E-state index in [0.29, 0.717) is 31.1 Å². The van der Waals surface area contributed by atoms with E-state index in [4.69, 9.17) is 9.47 Å². The molecule has 2 amide bonds. The highest BCUT2D eigenvalue weighted by molar-refractivity contribution is 6.00. The van der Waals surface area contributed by atoms with Crippen LogP contribution in [-0.2, 0) is 16.0 Å². The third-order valence-corrected chi connectivity index (χ3v) is 5.26. The Hall–Kier alpha value is -2.61. The average Bonchev–Trinajstić information content (AvgIpc) is 3.04. The molecule has 1 aromatic carbocycles. The number of nitrogens with one attached hydrogen (secondary N) is 1. The monoisotopic (exact) mass is 416 g/mol. The van der Waals surface area contributed by atoms with E-state index < -0.39 is 5.60 Å². The molecule has 0 aliphatic carbocycles. The maximum absolute atomic E-state index is 12.5. The van der Waals surface area contributed by atoms with E-state index in [2.05, 4.69) is 10.4 Å². The Labute approximate surface area is 177 Å². The van der Waals surface area contributed by atoms with Gasteiger partial charge in [-0.25, -0.2) is 4.79 Å². The fourth-order valence-electron chi connectivity index (χ4n) is 3.46. The summed E-state index contributed by atoms with van der Waals surface area (Å²) in [5.74, 6) is 0.225. The minimum Gasteiger partial charge on any atom is -0.444 e. The molecule has 1 aromatic heterocycles. The number of amides is 2. The van der Waals surface area contributed by atoms with Crippen molar-refractivity contribution in [2.75, 3.05) is 26.7 Å². The van der Waals surface area contributed by atoms with Gasteiger partial charge in [0.2, 0.25) is 0 Å². The number of likely N-dealkylation sites (tertiary alicyclic amines) is 1. The van der Waals surface area contributed by atoms with Gasteiger partial charge in [-0.2, -0.15) is 5.10 Å². The van der Waals surface area contributed by atoms with Gasteiger partial charge in [-0.05, 0) is 52.3 Å². The highest BCUT2D eigenvalue weighted by atomic mass is 16.6. The molecule has 1 N–H and O–H groups in total. The number of nitrogens with zero attached hydrogens (tertiary/aromatic N) is 3. The van der Waals surface area contributed by atoms with E-state index in [0.717, 1.165) is 23.0 Å². The Morgan fingerprint density at radius 3 is 2.63 bits per heavy atom. The maximum atomic E-state index is 12.5. The quantitative estimate of drug-likeness (QED) is 0.782. The van der Waals surface area contributed by atoms with Crippen LogP contribution in [0.4, 0.5) is 4.79 Å². The number of methoxy groups -OCH3 is 1. The zero-order valence-electron chi connectivity index (χ0n) is 18.7. The molecule has 164 valence electrons. The topological polar surface area (TPSA) is 85.7 Å². The van der Waals surface area contributed by atoms with Gasteiger partial charge in [-0.1, -0.05) is 0 Å². The largest absolute Gasteiger partial charge is 0.444 e. The summed E-state index contributed by atoms with van der Waals surface area (Å²) in [6, 6.07) is 3.69. The highest BCUT2D eigenvalue weighted by Crippen LogP contribution is 2.24. The van der Waals surface area contributed by atoms with Gasteiger partial charge >= 0.3 is 6.09 Å². The first kappa shape index (κ1) is 22.1. The van der Waals surface area contributed by atoms with Gasteiger partial charge in [-0.15, -0.1) is 0 Å². The van der Waals surface area contributed by atoms with Gasteiger partial charge in [0.15, 0.2) is 0 Å². The summed E-state index contributed by atoms with van der Waals surface area (Å²) in [7, 11) is 1.62. The van der Waals surface area contributed by atoms with Crippen LogP contribution in [0.15, 0.2) is 18.3 Å². The second-order valence-corrected chi connectivity index (χ2v) is 9.03. The van der Waals surface area contributed by atoms with E-state index in [9.17, 15) is 9.59 Å². The van der Waals surface area contributed by atoms with Crippen molar-refractivity contribution in [1.29, 1.82) is 0 Å². The van der Waals surface area contributed by atoms with E-state index in [1.54, 1.807) is 12.0 Å². The average molecular weight is 417 g/mol. The summed E-state index contributed by atoms with van der Waals surface area (Å²) in [5.41, 5.74) is 1.93. The predicted molar refractivity (Wildman–Crippen MR) is 115 cm³/mol. The number of hydrogen-bond donors (Lipinski definition) is 1. The number of rotatable bonds is 6. The van der Waals surface area contributed by atoms with Crippen molar-refractivity contribution < 1.29 is 19.1 Å². The Morgan fingerprint density at radius 1 is 1.30 bits per heavy atom. The van der Waals surface area contributed by atoms with E-state index >= 15 is 0 Å². The minimum atomic E-state index is -0.481. The number of carbonyl (C=O) groups excluding carboxylic acids is 2. The molecule has 1 aliphatic rings. The van der Waals surface area contributed by atoms with Gasteiger partial charge < -0.3 is 19.7 Å². The zero-order valence-corrected chi connectivity index (χ0v) is 18.7. The molecule has 2 heterocycles. The van der Waals surface area contributed by atoms with Gasteiger partial charge in [0, 0.05) is 56.4 Å². The lowest BCUT2D eigenvalue weighted by Gasteiger charge is -2.39. The molecule has 1 fully saturated rings. The lowest BCUT2D eigenvalue weighted by molar-refractivity contribution is -0.00381. The summed E-state index contributed by atoms with van der Waals surface area (Å²) in [6.07, 6.45) is 1.68. The number of aryl methyl sites for hydroxylation is 1. The molecule has 1 saturated heterocycles. The van der Waals surface area contributed by atoms with E-state index in [-0.39, 0.29) is 18.1 Å². The van der Waals surface area contributed by atoms with E-state index in [1.807, 2.05) is 57.6 Å². The number of carbonyl (C=O) groups is 2. The van der Waals surface area contributed by atoms with E-state index in [1.165, 1.54) is 0 Å². The molecule has 1 aliphatic heterocycles. The van der Waals surface area contributed by atoms with Crippen LogP contribution in [0.5, 0.6) is 0 Å². The van der Waals surface area contributed by atoms with Crippen LogP contribution in [0.25, 0.3) is 10.9 Å². The van der Waals surface area contributed by atoms with Crippen LogP contribution in [0, 0.1) is 12.8 Å². The standard InChI is InChI=1S/C22H32N4O4/c1-14(29-6)9-23-20(27)17-7-8-19-18(15(17)2)13-26(24-19)12-16-10-25(11-16)21(28)30-22(3,4)5/h7-8,13-14,16H,9-12H2,1-6H3,(H,23,27)/t14-/m0/s1. The number of fused-ring (bicyclic) bond motifs is 1. The first-order valence-electron chi connectivity index (χ1n) is 10.3. The van der Waals surface area contributed by atoms with Crippen LogP contribution in [0.2, 0.25) is 0 Å². The first-order valence-corrected chi connectivity index (χ1v) is 10.3. The lowest BCUT2D eigenvalue weighted by atomic mass is 10.0. The van der Waals surface area contributed by atoms with Crippen molar-refractivity contribution in [1.82, 2.24) is 20.0 Å². The molecule has 0 unspecified atom stereocenters. The van der Waals surface area contributed by atoms with Crippen molar-refractivity contribution in [3.8, 4) is 0 Å². The van der Waals surface area contributed by atoms with Crippen molar-refractivity contribution in [2.45, 2.75) is 52.9 Å². The molecule has 30 heavy (non-hydrogen) atoms. The maximum Gasteiger partial charge on any atom is 0.410 e. The summed E-state index contributed by atoms with van der Waals surface area (Å²) < 4.78 is 12.5. The Balaban J connectivity index is 1.62. The van der Waals surface area contributed by atoms with Crippen molar-refractivity contribution in [3.63, 3.8) is 0 Å². The van der Waals surface area contributed by atoms with Crippen molar-refractivity contribution >= 4 is 22.9 Å². The molecule has 2 aromatic rings. The van der Waals surface area contributed by atoms with Gasteiger partial charge in [0.05, 0.1) is 11.6 Å². The second-order valence-electron chi connectivity index (χ2n) is 9.03. The SMILES string of the molecule is CO[C@@H](C)CNC(=O)c1ccc2nn(CC3CN(C(=O)OC(C)(C)C)C3)cc2c1C. The van der Waals surface area contributed by atoms with Crippen LogP contribution in [-0.4, -0.2) is 65.1 Å². The molecular formula is C22H32N4O4. The van der Waals surface area contributed by atoms with Crippen LogP contribution in [0.1, 0.15) is 43.6 Å². The highest BCUT2D eigenvalue weighted by Gasteiger charge is 2.34. The fraction of sp³-hybridized carbons (Fsp3) is 0.591. The second kappa shape index (κ2) is 8.63. The third kappa shape index (κ3) is 5.11. The molecule has 1 atom stereocenters. The van der Waals surface area contributed by atoms with Gasteiger partial charge in [0.25, 0.3) is 5.91 Å².